The van der Waals surface area contributed by atoms with Crippen LogP contribution < -0.4 is 0 Å². The Labute approximate surface area is 103 Å². The molecule has 0 bridgehead atoms. The number of rotatable bonds is 2. The van der Waals surface area contributed by atoms with Crippen molar-refractivity contribution in [3.8, 4) is 11.3 Å². The smallest absolute Gasteiger partial charge is 0.371 e. The minimum atomic E-state index is -1.07. The van der Waals surface area contributed by atoms with Gasteiger partial charge in [-0.05, 0) is 24.3 Å². The molecule has 0 aliphatic carbocycles. The van der Waals surface area contributed by atoms with E-state index in [1.54, 1.807) is 12.3 Å². The topological polar surface area (TPSA) is 63.3 Å². The summed E-state index contributed by atoms with van der Waals surface area (Å²) in [5.74, 6) is -0.640. The molecule has 0 aliphatic rings. The predicted octanol–water partition coefficient (Wildman–Crippen LogP) is 3.19. The maximum Gasteiger partial charge on any atom is 0.371 e. The summed E-state index contributed by atoms with van der Waals surface area (Å²) in [7, 11) is 0. The Bertz CT molecular complexity index is 730. The minimum Gasteiger partial charge on any atom is -0.475 e. The summed E-state index contributed by atoms with van der Waals surface area (Å²) in [5, 5.41) is 9.80. The second kappa shape index (κ2) is 4.00. The van der Waals surface area contributed by atoms with E-state index in [4.69, 9.17) is 9.52 Å². The normalized spacial score (nSPS) is 10.7. The molecule has 0 atom stereocenters. The van der Waals surface area contributed by atoms with Crippen molar-refractivity contribution in [1.82, 2.24) is 4.98 Å². The van der Waals surface area contributed by atoms with E-state index in [9.17, 15) is 4.79 Å². The lowest BCUT2D eigenvalue weighted by Crippen LogP contribution is -1.91. The molecule has 3 aromatic rings. The molecule has 0 aliphatic heterocycles. The molecule has 2 heterocycles. The fourth-order valence-corrected chi connectivity index (χ4v) is 1.81. The molecule has 0 fully saturated rings. The quantitative estimate of drug-likeness (QED) is 0.745. The molecule has 2 aromatic heterocycles. The van der Waals surface area contributed by atoms with E-state index in [0.29, 0.717) is 5.76 Å². The van der Waals surface area contributed by atoms with Gasteiger partial charge < -0.3 is 9.52 Å². The van der Waals surface area contributed by atoms with Gasteiger partial charge in [-0.15, -0.1) is 0 Å². The molecule has 0 spiro atoms. The number of carboxylic acid groups (broad SMARTS) is 1. The summed E-state index contributed by atoms with van der Waals surface area (Å²) >= 11 is 0. The van der Waals surface area contributed by atoms with Crippen LogP contribution in [0.5, 0.6) is 0 Å². The summed E-state index contributed by atoms with van der Waals surface area (Å²) in [6, 6.07) is 12.7. The first-order chi connectivity index (χ1) is 8.74. The van der Waals surface area contributed by atoms with Crippen molar-refractivity contribution in [1.29, 1.82) is 0 Å². The number of pyridine rings is 1. The van der Waals surface area contributed by atoms with Gasteiger partial charge in [0.1, 0.15) is 5.76 Å². The van der Waals surface area contributed by atoms with Crippen molar-refractivity contribution in [3.05, 3.63) is 54.4 Å². The molecule has 0 radical (unpaired) electrons. The summed E-state index contributed by atoms with van der Waals surface area (Å²) in [4.78, 5) is 15.1. The van der Waals surface area contributed by atoms with E-state index in [1.807, 2.05) is 30.3 Å². The predicted molar refractivity (Wildman–Crippen MR) is 66.4 cm³/mol. The lowest BCUT2D eigenvalue weighted by atomic mass is 10.1. The van der Waals surface area contributed by atoms with Crippen LogP contribution >= 0.6 is 0 Å². The van der Waals surface area contributed by atoms with Crippen molar-refractivity contribution in [3.63, 3.8) is 0 Å². The fourth-order valence-electron chi connectivity index (χ4n) is 1.81. The first-order valence-electron chi connectivity index (χ1n) is 5.42. The molecule has 3 rings (SSSR count). The Morgan fingerprint density at radius 2 is 2.00 bits per heavy atom. The van der Waals surface area contributed by atoms with Gasteiger partial charge in [0.15, 0.2) is 0 Å². The average Bonchev–Trinajstić information content (AvgIpc) is 2.88. The molecule has 18 heavy (non-hydrogen) atoms. The highest BCUT2D eigenvalue weighted by atomic mass is 16.4. The van der Waals surface area contributed by atoms with Crippen LogP contribution in [-0.4, -0.2) is 16.1 Å². The van der Waals surface area contributed by atoms with Gasteiger partial charge in [0.05, 0.1) is 5.52 Å². The molecule has 1 N–H and O–H groups in total. The Kier molecular flexibility index (Phi) is 2.34. The summed E-state index contributed by atoms with van der Waals surface area (Å²) in [5.41, 5.74) is 1.66. The standard InChI is InChI=1S/C14H9NO3/c16-14(17)13-6-5-12(18-13)10-7-9-3-1-2-4-11(9)15-8-10/h1-8H,(H,16,17). The van der Waals surface area contributed by atoms with Gasteiger partial charge in [0.2, 0.25) is 5.76 Å². The first kappa shape index (κ1) is 10.5. The van der Waals surface area contributed by atoms with Gasteiger partial charge in [-0.3, -0.25) is 4.98 Å². The van der Waals surface area contributed by atoms with Crippen molar-refractivity contribution >= 4 is 16.9 Å². The van der Waals surface area contributed by atoms with Crippen LogP contribution in [0.3, 0.4) is 0 Å². The Morgan fingerprint density at radius 3 is 2.78 bits per heavy atom. The highest BCUT2D eigenvalue weighted by molar-refractivity contribution is 5.86. The van der Waals surface area contributed by atoms with Crippen LogP contribution in [0, 0.1) is 0 Å². The summed E-state index contributed by atoms with van der Waals surface area (Å²) < 4.78 is 5.24. The Hall–Kier alpha value is -2.62. The van der Waals surface area contributed by atoms with Crippen LogP contribution in [0.15, 0.2) is 53.1 Å². The highest BCUT2D eigenvalue weighted by Crippen LogP contribution is 2.24. The number of furan rings is 1. The number of aromatic nitrogens is 1. The second-order valence-corrected chi connectivity index (χ2v) is 3.89. The zero-order chi connectivity index (χ0) is 12.5. The van der Waals surface area contributed by atoms with E-state index in [2.05, 4.69) is 4.98 Å². The average molecular weight is 239 g/mol. The molecule has 0 amide bonds. The van der Waals surface area contributed by atoms with Crippen LogP contribution in [0.4, 0.5) is 0 Å². The van der Waals surface area contributed by atoms with Crippen molar-refractivity contribution < 1.29 is 14.3 Å². The molecule has 1 aromatic carbocycles. The van der Waals surface area contributed by atoms with E-state index < -0.39 is 5.97 Å². The number of nitrogens with zero attached hydrogens (tertiary/aromatic N) is 1. The largest absolute Gasteiger partial charge is 0.475 e. The fraction of sp³-hybridized carbons (Fsp3) is 0. The molecular weight excluding hydrogens is 230 g/mol. The number of hydrogen-bond acceptors (Lipinski definition) is 3. The van der Waals surface area contributed by atoms with Crippen LogP contribution in [0.2, 0.25) is 0 Å². The van der Waals surface area contributed by atoms with Gasteiger partial charge >= 0.3 is 5.97 Å². The Morgan fingerprint density at radius 1 is 1.17 bits per heavy atom. The lowest BCUT2D eigenvalue weighted by molar-refractivity contribution is 0.0663. The van der Waals surface area contributed by atoms with Crippen LogP contribution in [0.25, 0.3) is 22.2 Å². The van der Waals surface area contributed by atoms with Gasteiger partial charge in [0.25, 0.3) is 0 Å². The molecule has 4 nitrogen and oxygen atoms in total. The number of benzene rings is 1. The molecule has 0 saturated heterocycles. The second-order valence-electron chi connectivity index (χ2n) is 3.89. The molecule has 4 heteroatoms. The number of aromatic carboxylic acids is 1. The highest BCUT2D eigenvalue weighted by Gasteiger charge is 2.10. The molecule has 0 unspecified atom stereocenters. The third-order valence-corrected chi connectivity index (χ3v) is 2.69. The van der Waals surface area contributed by atoms with Gasteiger partial charge in [0, 0.05) is 17.1 Å². The SMILES string of the molecule is O=C(O)c1ccc(-c2cnc3ccccc3c2)o1. The van der Waals surface area contributed by atoms with Crippen molar-refractivity contribution in [2.45, 2.75) is 0 Å². The first-order valence-corrected chi connectivity index (χ1v) is 5.42. The monoisotopic (exact) mass is 239 g/mol. The Balaban J connectivity index is 2.10. The zero-order valence-electron chi connectivity index (χ0n) is 9.33. The maximum atomic E-state index is 10.7. The number of hydrogen-bond donors (Lipinski definition) is 1. The third kappa shape index (κ3) is 1.73. The lowest BCUT2D eigenvalue weighted by Gasteiger charge is -1.99. The summed E-state index contributed by atoms with van der Waals surface area (Å²) in [6.07, 6.45) is 1.67. The van der Waals surface area contributed by atoms with E-state index >= 15 is 0 Å². The number of carboxylic acids is 1. The van der Waals surface area contributed by atoms with Gasteiger partial charge in [-0.2, -0.15) is 0 Å². The van der Waals surface area contributed by atoms with Gasteiger partial charge in [-0.25, -0.2) is 4.79 Å². The number of para-hydroxylation sites is 1. The number of fused-ring (bicyclic) bond motifs is 1. The van der Waals surface area contributed by atoms with E-state index in [-0.39, 0.29) is 5.76 Å². The van der Waals surface area contributed by atoms with E-state index in [1.165, 1.54) is 6.07 Å². The summed E-state index contributed by atoms with van der Waals surface area (Å²) in [6.45, 7) is 0. The maximum absolute atomic E-state index is 10.7. The van der Waals surface area contributed by atoms with Crippen LogP contribution in [0.1, 0.15) is 10.6 Å². The molecular formula is C14H9NO3. The van der Waals surface area contributed by atoms with Crippen molar-refractivity contribution in [2.75, 3.05) is 0 Å². The van der Waals surface area contributed by atoms with E-state index in [0.717, 1.165) is 16.5 Å². The molecule has 88 valence electrons. The molecule has 0 saturated carbocycles. The number of carbonyl (C=O) groups is 1. The van der Waals surface area contributed by atoms with Crippen molar-refractivity contribution in [2.24, 2.45) is 0 Å². The van der Waals surface area contributed by atoms with Crippen LogP contribution in [-0.2, 0) is 0 Å². The van der Waals surface area contributed by atoms with Gasteiger partial charge in [-0.1, -0.05) is 18.2 Å². The third-order valence-electron chi connectivity index (χ3n) is 2.69. The minimum absolute atomic E-state index is 0.0711. The zero-order valence-corrected chi connectivity index (χ0v) is 9.33.